The molecule has 1 saturated carbocycles. The fraction of sp³-hybridized carbons (Fsp3) is 0.478. The number of likely N-dealkylation sites (tertiary alicyclic amines) is 1. The lowest BCUT2D eigenvalue weighted by Gasteiger charge is -2.22. The van der Waals surface area contributed by atoms with Crippen LogP contribution in [0.4, 0.5) is 4.39 Å². The van der Waals surface area contributed by atoms with Gasteiger partial charge in [0, 0.05) is 19.6 Å². The standard InChI is InChI=1S/C23H26FN3O3/c24-17-7-5-16(6-8-17)21(15-3-4-15)25-22(28)18-13-19(23(29)26-9-1-2-10-26)27-11-12-30-14-20(18)27/h5-8,13,15,21H,1-4,9-12,14H2,(H,25,28)/t21-/m1/s1. The number of fused-ring (bicyclic) bond motifs is 1. The number of carbonyl (C=O) groups excluding carboxylic acids is 2. The van der Waals surface area contributed by atoms with Crippen LogP contribution >= 0.6 is 0 Å². The van der Waals surface area contributed by atoms with Crippen molar-refractivity contribution in [2.24, 2.45) is 5.92 Å². The molecule has 5 rings (SSSR count). The predicted octanol–water partition coefficient (Wildman–Crippen LogP) is 3.27. The molecule has 0 spiro atoms. The van der Waals surface area contributed by atoms with Crippen LogP contribution in [0.1, 0.15) is 63.8 Å². The van der Waals surface area contributed by atoms with Gasteiger partial charge in [-0.05, 0) is 55.4 Å². The van der Waals surface area contributed by atoms with E-state index < -0.39 is 0 Å². The molecule has 3 aliphatic rings. The van der Waals surface area contributed by atoms with Crippen LogP contribution in [0.2, 0.25) is 0 Å². The quantitative estimate of drug-likeness (QED) is 0.821. The summed E-state index contributed by atoms with van der Waals surface area (Å²) >= 11 is 0. The lowest BCUT2D eigenvalue weighted by atomic mass is 10.0. The summed E-state index contributed by atoms with van der Waals surface area (Å²) in [5.41, 5.74) is 2.75. The maximum absolute atomic E-state index is 13.3. The Hall–Kier alpha value is -2.67. The van der Waals surface area contributed by atoms with E-state index in [-0.39, 0.29) is 23.7 Å². The zero-order valence-electron chi connectivity index (χ0n) is 16.9. The lowest BCUT2D eigenvalue weighted by Crippen LogP contribution is -2.31. The second kappa shape index (κ2) is 7.87. The molecule has 0 radical (unpaired) electrons. The number of rotatable bonds is 5. The zero-order valence-corrected chi connectivity index (χ0v) is 16.9. The minimum absolute atomic E-state index is 0.00743. The molecule has 7 heteroatoms. The Bertz CT molecular complexity index is 959. The van der Waals surface area contributed by atoms with E-state index in [4.69, 9.17) is 4.74 Å². The third-order valence-electron chi connectivity index (χ3n) is 6.37. The largest absolute Gasteiger partial charge is 0.373 e. The van der Waals surface area contributed by atoms with Crippen LogP contribution in [-0.4, -0.2) is 41.0 Å². The van der Waals surface area contributed by atoms with Gasteiger partial charge in [0.1, 0.15) is 11.5 Å². The topological polar surface area (TPSA) is 63.6 Å². The average Bonchev–Trinajstić information content (AvgIpc) is 3.31. The molecular weight excluding hydrogens is 385 g/mol. The highest BCUT2D eigenvalue weighted by Crippen LogP contribution is 2.41. The highest BCUT2D eigenvalue weighted by molar-refractivity contribution is 6.01. The molecule has 2 aliphatic heterocycles. The zero-order chi connectivity index (χ0) is 20.7. The molecule has 6 nitrogen and oxygen atoms in total. The van der Waals surface area contributed by atoms with Crippen molar-refractivity contribution in [2.45, 2.75) is 44.9 Å². The number of amides is 2. The van der Waals surface area contributed by atoms with Crippen LogP contribution in [0.3, 0.4) is 0 Å². The molecule has 1 aromatic carbocycles. The van der Waals surface area contributed by atoms with E-state index in [2.05, 4.69) is 5.32 Å². The third kappa shape index (κ3) is 3.62. The van der Waals surface area contributed by atoms with Gasteiger partial charge in [-0.25, -0.2) is 4.39 Å². The summed E-state index contributed by atoms with van der Waals surface area (Å²) in [4.78, 5) is 28.2. The fourth-order valence-corrected chi connectivity index (χ4v) is 4.57. The van der Waals surface area contributed by atoms with Crippen LogP contribution in [-0.2, 0) is 17.9 Å². The fourth-order valence-electron chi connectivity index (χ4n) is 4.57. The van der Waals surface area contributed by atoms with Crippen molar-refractivity contribution in [3.05, 3.63) is 58.7 Å². The van der Waals surface area contributed by atoms with Gasteiger partial charge in [-0.15, -0.1) is 0 Å². The normalized spacial score (nSPS) is 19.4. The number of halogens is 1. The first-order chi connectivity index (χ1) is 14.6. The number of nitrogens with zero attached hydrogens (tertiary/aromatic N) is 2. The number of hydrogen-bond donors (Lipinski definition) is 1. The lowest BCUT2D eigenvalue weighted by molar-refractivity contribution is 0.0714. The first kappa shape index (κ1) is 19.3. The number of ether oxygens (including phenoxy) is 1. The van der Waals surface area contributed by atoms with Crippen LogP contribution in [0.5, 0.6) is 0 Å². The molecule has 1 saturated heterocycles. The van der Waals surface area contributed by atoms with Crippen molar-refractivity contribution in [1.82, 2.24) is 14.8 Å². The van der Waals surface area contributed by atoms with Crippen molar-refractivity contribution in [1.29, 1.82) is 0 Å². The molecule has 1 N–H and O–H groups in total. The van der Waals surface area contributed by atoms with E-state index in [0.717, 1.165) is 50.0 Å². The molecule has 2 amide bonds. The van der Waals surface area contributed by atoms with Gasteiger partial charge in [0.2, 0.25) is 0 Å². The summed E-state index contributed by atoms with van der Waals surface area (Å²) in [6, 6.07) is 7.90. The van der Waals surface area contributed by atoms with E-state index in [9.17, 15) is 14.0 Å². The van der Waals surface area contributed by atoms with Crippen LogP contribution < -0.4 is 5.32 Å². The molecule has 0 unspecified atom stereocenters. The Kier molecular flexibility index (Phi) is 5.06. The summed E-state index contributed by atoms with van der Waals surface area (Å²) in [5, 5.41) is 3.15. The van der Waals surface area contributed by atoms with E-state index in [0.29, 0.717) is 36.9 Å². The van der Waals surface area contributed by atoms with Gasteiger partial charge >= 0.3 is 0 Å². The van der Waals surface area contributed by atoms with Crippen molar-refractivity contribution in [3.63, 3.8) is 0 Å². The van der Waals surface area contributed by atoms with Crippen molar-refractivity contribution in [3.8, 4) is 0 Å². The Labute approximate surface area is 175 Å². The number of carbonyl (C=O) groups is 2. The summed E-state index contributed by atoms with van der Waals surface area (Å²) in [6.45, 7) is 2.96. The average molecular weight is 411 g/mol. The predicted molar refractivity (Wildman–Crippen MR) is 109 cm³/mol. The number of benzene rings is 1. The molecule has 0 bridgehead atoms. The molecular formula is C23H26FN3O3. The summed E-state index contributed by atoms with van der Waals surface area (Å²) in [7, 11) is 0. The molecule has 2 aromatic rings. The molecule has 3 heterocycles. The summed E-state index contributed by atoms with van der Waals surface area (Å²) < 4.78 is 20.9. The monoisotopic (exact) mass is 411 g/mol. The van der Waals surface area contributed by atoms with Gasteiger partial charge in [0.25, 0.3) is 11.8 Å². The van der Waals surface area contributed by atoms with Crippen molar-refractivity contribution < 1.29 is 18.7 Å². The molecule has 2 fully saturated rings. The maximum atomic E-state index is 13.3. The minimum atomic E-state index is -0.289. The summed E-state index contributed by atoms with van der Waals surface area (Å²) in [6.07, 6.45) is 4.13. The van der Waals surface area contributed by atoms with E-state index in [1.54, 1.807) is 18.2 Å². The molecule has 30 heavy (non-hydrogen) atoms. The second-order valence-corrected chi connectivity index (χ2v) is 8.43. The van der Waals surface area contributed by atoms with Crippen LogP contribution in [0.25, 0.3) is 0 Å². The van der Waals surface area contributed by atoms with Gasteiger partial charge < -0.3 is 19.5 Å². The molecule has 1 aliphatic carbocycles. The van der Waals surface area contributed by atoms with Gasteiger partial charge in [0.05, 0.1) is 30.5 Å². The minimum Gasteiger partial charge on any atom is -0.373 e. The SMILES string of the molecule is O=C(N[C@@H](c1ccc(F)cc1)C1CC1)c1cc(C(=O)N2CCCC2)n2c1COCC2. The second-order valence-electron chi connectivity index (χ2n) is 8.43. The van der Waals surface area contributed by atoms with Crippen molar-refractivity contribution in [2.75, 3.05) is 19.7 Å². The first-order valence-corrected chi connectivity index (χ1v) is 10.8. The number of nitrogens with one attached hydrogen (secondary N) is 1. The van der Waals surface area contributed by atoms with Gasteiger partial charge in [0.15, 0.2) is 0 Å². The number of aromatic nitrogens is 1. The smallest absolute Gasteiger partial charge is 0.270 e. The Balaban J connectivity index is 1.43. The molecule has 1 atom stereocenters. The highest BCUT2D eigenvalue weighted by atomic mass is 19.1. The molecule has 158 valence electrons. The van der Waals surface area contributed by atoms with Gasteiger partial charge in [-0.2, -0.15) is 0 Å². The summed E-state index contributed by atoms with van der Waals surface area (Å²) in [5.74, 6) is -0.138. The van der Waals surface area contributed by atoms with E-state index >= 15 is 0 Å². The Morgan fingerprint density at radius 2 is 1.83 bits per heavy atom. The van der Waals surface area contributed by atoms with Gasteiger partial charge in [-0.1, -0.05) is 12.1 Å². The Morgan fingerprint density at radius 3 is 2.53 bits per heavy atom. The van der Waals surface area contributed by atoms with Crippen molar-refractivity contribution >= 4 is 11.8 Å². The van der Waals surface area contributed by atoms with Crippen LogP contribution in [0.15, 0.2) is 30.3 Å². The Morgan fingerprint density at radius 1 is 1.10 bits per heavy atom. The third-order valence-corrected chi connectivity index (χ3v) is 6.37. The van der Waals surface area contributed by atoms with Gasteiger partial charge in [-0.3, -0.25) is 9.59 Å². The van der Waals surface area contributed by atoms with E-state index in [1.165, 1.54) is 12.1 Å². The van der Waals surface area contributed by atoms with E-state index in [1.807, 2.05) is 9.47 Å². The first-order valence-electron chi connectivity index (χ1n) is 10.8. The maximum Gasteiger partial charge on any atom is 0.270 e. The highest BCUT2D eigenvalue weighted by Gasteiger charge is 2.35. The van der Waals surface area contributed by atoms with Crippen LogP contribution in [0, 0.1) is 11.7 Å². The number of hydrogen-bond acceptors (Lipinski definition) is 3. The molecule has 1 aromatic heterocycles.